The Labute approximate surface area is 165 Å². The van der Waals surface area contributed by atoms with Crippen molar-refractivity contribution in [2.45, 2.75) is 33.1 Å². The van der Waals surface area contributed by atoms with Gasteiger partial charge in [-0.1, -0.05) is 36.4 Å². The van der Waals surface area contributed by atoms with Crippen LogP contribution in [0.3, 0.4) is 0 Å². The van der Waals surface area contributed by atoms with Crippen LogP contribution in [0, 0.1) is 17.2 Å². The molecule has 28 heavy (non-hydrogen) atoms. The number of nitrogens with one attached hydrogen (secondary N) is 1. The van der Waals surface area contributed by atoms with E-state index in [1.807, 2.05) is 18.2 Å². The average Bonchev–Trinajstić information content (AvgIpc) is 2.69. The summed E-state index contributed by atoms with van der Waals surface area (Å²) in [4.78, 5) is 27.4. The van der Waals surface area contributed by atoms with Crippen LogP contribution in [0.15, 0.2) is 54.6 Å². The van der Waals surface area contributed by atoms with Crippen molar-refractivity contribution in [3.8, 4) is 0 Å². The molecule has 148 valence electrons. The van der Waals surface area contributed by atoms with E-state index in [4.69, 9.17) is 0 Å². The van der Waals surface area contributed by atoms with E-state index in [-0.39, 0.29) is 5.91 Å². The van der Waals surface area contributed by atoms with Gasteiger partial charge < -0.3 is 10.2 Å². The normalized spacial score (nSPS) is 15.3. The third kappa shape index (κ3) is 4.77. The van der Waals surface area contributed by atoms with Crippen LogP contribution in [0.2, 0.25) is 0 Å². The number of halogens is 1. The number of nitrogens with zero attached hydrogens (tertiary/aromatic N) is 1. The molecule has 0 bridgehead atoms. The molecule has 0 atom stereocenters. The van der Waals surface area contributed by atoms with Gasteiger partial charge in [0.25, 0.3) is 0 Å². The summed E-state index contributed by atoms with van der Waals surface area (Å²) in [6.45, 7) is 4.57. The highest BCUT2D eigenvalue weighted by atomic mass is 19.1. The zero-order valence-electron chi connectivity index (χ0n) is 16.5. The fraction of sp³-hybridized carbons (Fsp3) is 0.391. The molecule has 0 radical (unpaired) electrons. The molecular weight excluding hydrogens is 355 g/mol. The summed E-state index contributed by atoms with van der Waals surface area (Å²) in [6.07, 6.45) is 2.89. The molecule has 1 heterocycles. The number of hydrogen-bond acceptors (Lipinski definition) is 2. The topological polar surface area (TPSA) is 49.4 Å². The van der Waals surface area contributed by atoms with E-state index < -0.39 is 17.1 Å². The zero-order valence-corrected chi connectivity index (χ0v) is 16.5. The van der Waals surface area contributed by atoms with E-state index >= 15 is 0 Å². The number of piperidine rings is 1. The van der Waals surface area contributed by atoms with E-state index in [0.29, 0.717) is 24.7 Å². The molecule has 0 aromatic heterocycles. The first kappa shape index (κ1) is 20.1. The fourth-order valence-corrected chi connectivity index (χ4v) is 3.63. The number of hydrogen-bond donors (Lipinski definition) is 1. The van der Waals surface area contributed by atoms with Gasteiger partial charge in [0, 0.05) is 18.8 Å². The molecule has 0 spiro atoms. The lowest BCUT2D eigenvalue weighted by Gasteiger charge is -2.36. The number of anilines is 1. The molecule has 2 aromatic rings. The summed E-state index contributed by atoms with van der Waals surface area (Å²) in [7, 11) is 0. The van der Waals surface area contributed by atoms with Gasteiger partial charge in [-0.15, -0.1) is 0 Å². The van der Waals surface area contributed by atoms with Crippen LogP contribution in [-0.2, 0) is 16.0 Å². The fourth-order valence-electron chi connectivity index (χ4n) is 3.63. The van der Waals surface area contributed by atoms with Crippen molar-refractivity contribution in [2.24, 2.45) is 11.3 Å². The van der Waals surface area contributed by atoms with Crippen molar-refractivity contribution in [3.05, 3.63) is 66.0 Å². The molecule has 2 amide bonds. The monoisotopic (exact) mass is 382 g/mol. The smallest absolute Gasteiger partial charge is 0.239 e. The minimum absolute atomic E-state index is 0.181. The van der Waals surface area contributed by atoms with Gasteiger partial charge in [-0.05, 0) is 62.8 Å². The minimum Gasteiger partial charge on any atom is -0.342 e. The second-order valence-electron chi connectivity index (χ2n) is 8.01. The van der Waals surface area contributed by atoms with Crippen LogP contribution in [0.4, 0.5) is 10.1 Å². The average molecular weight is 382 g/mol. The molecule has 0 saturated carbocycles. The van der Waals surface area contributed by atoms with E-state index in [9.17, 15) is 14.0 Å². The summed E-state index contributed by atoms with van der Waals surface area (Å²) >= 11 is 0. The minimum atomic E-state index is -1.21. The Morgan fingerprint density at radius 3 is 2.39 bits per heavy atom. The summed E-state index contributed by atoms with van der Waals surface area (Å²) in [5, 5.41) is 2.66. The quantitative estimate of drug-likeness (QED) is 0.785. The first-order valence-electron chi connectivity index (χ1n) is 9.76. The van der Waals surface area contributed by atoms with Crippen molar-refractivity contribution in [1.29, 1.82) is 0 Å². The van der Waals surface area contributed by atoms with Gasteiger partial charge in [0.05, 0.1) is 0 Å². The summed E-state index contributed by atoms with van der Waals surface area (Å²) < 4.78 is 13.3. The van der Waals surface area contributed by atoms with Crippen molar-refractivity contribution in [2.75, 3.05) is 18.4 Å². The Hall–Kier alpha value is -2.69. The predicted molar refractivity (Wildman–Crippen MR) is 108 cm³/mol. The zero-order chi connectivity index (χ0) is 20.1. The summed E-state index contributed by atoms with van der Waals surface area (Å²) in [5.41, 5.74) is 0.466. The van der Waals surface area contributed by atoms with Gasteiger partial charge >= 0.3 is 0 Å². The Bertz CT molecular complexity index is 828. The SMILES string of the molecule is CC(C)(C(=O)Nc1cccc(F)c1)C(=O)N1CCC(Cc2ccccc2)CC1. The van der Waals surface area contributed by atoms with Crippen LogP contribution >= 0.6 is 0 Å². The molecular formula is C23H27FN2O2. The molecule has 2 aromatic carbocycles. The van der Waals surface area contributed by atoms with Crippen molar-refractivity contribution >= 4 is 17.5 Å². The molecule has 1 N–H and O–H groups in total. The lowest BCUT2D eigenvalue weighted by Crippen LogP contribution is -2.50. The third-order valence-corrected chi connectivity index (χ3v) is 5.45. The van der Waals surface area contributed by atoms with E-state index in [1.165, 1.54) is 23.8 Å². The van der Waals surface area contributed by atoms with Gasteiger partial charge in [-0.2, -0.15) is 0 Å². The first-order chi connectivity index (χ1) is 13.4. The van der Waals surface area contributed by atoms with Gasteiger partial charge in [-0.3, -0.25) is 9.59 Å². The highest BCUT2D eigenvalue weighted by molar-refractivity contribution is 6.09. The second-order valence-corrected chi connectivity index (χ2v) is 8.01. The number of rotatable bonds is 5. The van der Waals surface area contributed by atoms with Crippen LogP contribution in [-0.4, -0.2) is 29.8 Å². The molecule has 0 unspecified atom stereocenters. The standard InChI is InChI=1S/C23H27FN2O2/c1-23(2,21(27)25-20-10-6-9-19(24)16-20)22(28)26-13-11-18(12-14-26)15-17-7-4-3-5-8-17/h3-10,16,18H,11-15H2,1-2H3,(H,25,27). The van der Waals surface area contributed by atoms with Crippen LogP contribution < -0.4 is 5.32 Å². The molecule has 1 saturated heterocycles. The Morgan fingerprint density at radius 2 is 1.75 bits per heavy atom. The van der Waals surface area contributed by atoms with Crippen molar-refractivity contribution in [3.63, 3.8) is 0 Å². The maximum Gasteiger partial charge on any atom is 0.239 e. The van der Waals surface area contributed by atoms with Crippen LogP contribution in [0.25, 0.3) is 0 Å². The Kier molecular flexibility index (Phi) is 6.12. The van der Waals surface area contributed by atoms with E-state index in [0.717, 1.165) is 19.3 Å². The van der Waals surface area contributed by atoms with Gasteiger partial charge in [0.15, 0.2) is 0 Å². The van der Waals surface area contributed by atoms with Gasteiger partial charge in [0.2, 0.25) is 11.8 Å². The molecule has 1 fully saturated rings. The van der Waals surface area contributed by atoms with Gasteiger partial charge in [0.1, 0.15) is 11.2 Å². The number of carbonyl (C=O) groups excluding carboxylic acids is 2. The maximum absolute atomic E-state index is 13.3. The van der Waals surface area contributed by atoms with Crippen LogP contribution in [0.1, 0.15) is 32.3 Å². The molecule has 4 nitrogen and oxygen atoms in total. The summed E-state index contributed by atoms with van der Waals surface area (Å²) in [6, 6.07) is 16.1. The lowest BCUT2D eigenvalue weighted by molar-refractivity contribution is -0.147. The van der Waals surface area contributed by atoms with E-state index in [2.05, 4.69) is 17.4 Å². The number of amides is 2. The number of benzene rings is 2. The third-order valence-electron chi connectivity index (χ3n) is 5.45. The number of likely N-dealkylation sites (tertiary alicyclic amines) is 1. The van der Waals surface area contributed by atoms with E-state index in [1.54, 1.807) is 24.8 Å². The van der Waals surface area contributed by atoms with Crippen molar-refractivity contribution in [1.82, 2.24) is 4.90 Å². The maximum atomic E-state index is 13.3. The van der Waals surface area contributed by atoms with Crippen LogP contribution in [0.5, 0.6) is 0 Å². The second kappa shape index (κ2) is 8.55. The lowest BCUT2D eigenvalue weighted by atomic mass is 9.86. The molecule has 1 aliphatic heterocycles. The first-order valence-corrected chi connectivity index (χ1v) is 9.76. The largest absolute Gasteiger partial charge is 0.342 e. The molecule has 1 aliphatic rings. The highest BCUT2D eigenvalue weighted by Crippen LogP contribution is 2.27. The molecule has 3 rings (SSSR count). The Morgan fingerprint density at radius 1 is 1.07 bits per heavy atom. The highest BCUT2D eigenvalue weighted by Gasteiger charge is 2.40. The Balaban J connectivity index is 1.56. The molecule has 0 aliphatic carbocycles. The predicted octanol–water partition coefficient (Wildman–Crippen LogP) is 4.27. The summed E-state index contributed by atoms with van der Waals surface area (Å²) in [5.74, 6) is -0.479. The number of carbonyl (C=O) groups is 2. The van der Waals surface area contributed by atoms with Gasteiger partial charge in [-0.25, -0.2) is 4.39 Å². The molecule has 5 heteroatoms. The van der Waals surface area contributed by atoms with Crippen molar-refractivity contribution < 1.29 is 14.0 Å².